The van der Waals surface area contributed by atoms with Crippen molar-refractivity contribution >= 4 is 17.5 Å². The minimum atomic E-state index is 0.215. The van der Waals surface area contributed by atoms with E-state index >= 15 is 0 Å². The van der Waals surface area contributed by atoms with Crippen LogP contribution in [0.1, 0.15) is 19.2 Å². The molecule has 1 amide bonds. The molecule has 1 aromatic heterocycles. The number of rotatable bonds is 4. The summed E-state index contributed by atoms with van der Waals surface area (Å²) in [5, 5.41) is 4.70. The fourth-order valence-corrected chi connectivity index (χ4v) is 2.73. The van der Waals surface area contributed by atoms with Crippen LogP contribution in [0.3, 0.4) is 0 Å². The van der Waals surface area contributed by atoms with Crippen LogP contribution < -0.4 is 0 Å². The summed E-state index contributed by atoms with van der Waals surface area (Å²) in [4.78, 5) is 20.2. The summed E-state index contributed by atoms with van der Waals surface area (Å²) in [6.45, 7) is 5.66. The summed E-state index contributed by atoms with van der Waals surface area (Å²) in [5.41, 5.74) is 0.878. The first-order valence-corrected chi connectivity index (χ1v) is 8.12. The second-order valence-electron chi connectivity index (χ2n) is 5.53. The van der Waals surface area contributed by atoms with Crippen molar-refractivity contribution in [2.24, 2.45) is 0 Å². The molecular weight excluding hydrogens is 316 g/mol. The number of nitrogens with zero attached hydrogens (tertiary/aromatic N) is 4. The van der Waals surface area contributed by atoms with Crippen LogP contribution in [0.5, 0.6) is 0 Å². The molecule has 0 bridgehead atoms. The predicted octanol–water partition coefficient (Wildman–Crippen LogP) is 2.44. The largest absolute Gasteiger partial charge is 0.340 e. The van der Waals surface area contributed by atoms with E-state index in [1.54, 1.807) is 12.1 Å². The lowest BCUT2D eigenvalue weighted by molar-refractivity contribution is -0.132. The molecule has 1 saturated heterocycles. The van der Waals surface area contributed by atoms with Crippen molar-refractivity contribution in [3.8, 4) is 11.4 Å². The number of piperazine rings is 1. The zero-order chi connectivity index (χ0) is 16.2. The Balaban J connectivity index is 1.58. The first-order valence-electron chi connectivity index (χ1n) is 7.74. The van der Waals surface area contributed by atoms with Crippen molar-refractivity contribution in [2.45, 2.75) is 19.9 Å². The zero-order valence-electron chi connectivity index (χ0n) is 13.0. The van der Waals surface area contributed by atoms with Gasteiger partial charge >= 0.3 is 0 Å². The Bertz CT molecular complexity index is 663. The molecule has 3 rings (SSSR count). The molecule has 0 spiro atoms. The molecule has 0 atom stereocenters. The quantitative estimate of drug-likeness (QED) is 0.859. The normalized spacial score (nSPS) is 15.8. The second kappa shape index (κ2) is 7.10. The van der Waals surface area contributed by atoms with Crippen molar-refractivity contribution in [3.63, 3.8) is 0 Å². The van der Waals surface area contributed by atoms with Gasteiger partial charge in [-0.15, -0.1) is 0 Å². The van der Waals surface area contributed by atoms with Crippen LogP contribution in [0, 0.1) is 0 Å². The van der Waals surface area contributed by atoms with Gasteiger partial charge in [-0.25, -0.2) is 0 Å². The maximum absolute atomic E-state index is 11.7. The highest BCUT2D eigenvalue weighted by Crippen LogP contribution is 2.19. The summed E-state index contributed by atoms with van der Waals surface area (Å²) in [7, 11) is 0. The zero-order valence-corrected chi connectivity index (χ0v) is 13.8. The number of amides is 1. The summed E-state index contributed by atoms with van der Waals surface area (Å²) >= 11 is 5.88. The Morgan fingerprint density at radius 1 is 1.22 bits per heavy atom. The van der Waals surface area contributed by atoms with Crippen LogP contribution in [-0.2, 0) is 11.3 Å². The van der Waals surface area contributed by atoms with E-state index in [0.29, 0.717) is 29.7 Å². The van der Waals surface area contributed by atoms with E-state index in [2.05, 4.69) is 15.0 Å². The first kappa shape index (κ1) is 16.0. The average molecular weight is 335 g/mol. The van der Waals surface area contributed by atoms with Crippen molar-refractivity contribution < 1.29 is 9.32 Å². The van der Waals surface area contributed by atoms with E-state index in [1.807, 2.05) is 24.0 Å². The van der Waals surface area contributed by atoms with Gasteiger partial charge in [0.2, 0.25) is 17.6 Å². The van der Waals surface area contributed by atoms with Crippen molar-refractivity contribution in [1.82, 2.24) is 19.9 Å². The molecule has 0 radical (unpaired) electrons. The molecule has 2 aromatic rings. The number of aromatic nitrogens is 2. The molecule has 1 fully saturated rings. The van der Waals surface area contributed by atoms with Gasteiger partial charge in [0, 0.05) is 43.2 Å². The van der Waals surface area contributed by atoms with Crippen molar-refractivity contribution in [2.75, 3.05) is 26.2 Å². The van der Waals surface area contributed by atoms with E-state index in [1.165, 1.54) is 0 Å². The highest BCUT2D eigenvalue weighted by Gasteiger charge is 2.21. The molecule has 0 saturated carbocycles. The second-order valence-corrected chi connectivity index (χ2v) is 5.97. The third kappa shape index (κ3) is 3.89. The van der Waals surface area contributed by atoms with Crippen LogP contribution in [0.4, 0.5) is 0 Å². The molecule has 2 heterocycles. The Hall–Kier alpha value is -1.92. The van der Waals surface area contributed by atoms with Crippen LogP contribution in [0.25, 0.3) is 11.4 Å². The van der Waals surface area contributed by atoms with Crippen LogP contribution in [0.2, 0.25) is 5.02 Å². The van der Waals surface area contributed by atoms with Gasteiger partial charge in [-0.1, -0.05) is 23.7 Å². The summed E-state index contributed by atoms with van der Waals surface area (Å²) in [6.07, 6.45) is 0.564. The van der Waals surface area contributed by atoms with Gasteiger partial charge in [0.15, 0.2) is 0 Å². The van der Waals surface area contributed by atoms with Gasteiger partial charge in [0.1, 0.15) is 0 Å². The number of benzene rings is 1. The van der Waals surface area contributed by atoms with Gasteiger partial charge in [-0.05, 0) is 24.3 Å². The third-order valence-corrected chi connectivity index (χ3v) is 4.21. The minimum absolute atomic E-state index is 0.215. The standard InChI is InChI=1S/C16H19ClN4O2/c1-2-15(22)21-9-7-20(8-10-21)11-14-18-16(19-23-14)12-3-5-13(17)6-4-12/h3-6H,2,7-11H2,1H3. The molecule has 23 heavy (non-hydrogen) atoms. The van der Waals surface area contributed by atoms with Gasteiger partial charge in [-0.3, -0.25) is 9.69 Å². The monoisotopic (exact) mass is 334 g/mol. The highest BCUT2D eigenvalue weighted by atomic mass is 35.5. The van der Waals surface area contributed by atoms with Crippen LogP contribution in [0.15, 0.2) is 28.8 Å². The summed E-state index contributed by atoms with van der Waals surface area (Å²) in [5.74, 6) is 1.37. The molecular formula is C16H19ClN4O2. The fourth-order valence-electron chi connectivity index (χ4n) is 2.61. The van der Waals surface area contributed by atoms with Gasteiger partial charge in [-0.2, -0.15) is 4.98 Å². The third-order valence-electron chi connectivity index (χ3n) is 3.96. The molecule has 1 aliphatic heterocycles. The lowest BCUT2D eigenvalue weighted by atomic mass is 10.2. The molecule has 0 aliphatic carbocycles. The Morgan fingerprint density at radius 2 is 1.91 bits per heavy atom. The summed E-state index contributed by atoms with van der Waals surface area (Å²) < 4.78 is 5.33. The topological polar surface area (TPSA) is 62.5 Å². The summed E-state index contributed by atoms with van der Waals surface area (Å²) in [6, 6.07) is 7.34. The van der Waals surface area contributed by atoms with Gasteiger partial charge in [0.25, 0.3) is 0 Å². The van der Waals surface area contributed by atoms with E-state index in [9.17, 15) is 4.79 Å². The lowest BCUT2D eigenvalue weighted by Crippen LogP contribution is -2.48. The molecule has 0 unspecified atom stereocenters. The molecule has 0 N–H and O–H groups in total. The fraction of sp³-hybridized carbons (Fsp3) is 0.438. The molecule has 122 valence electrons. The average Bonchev–Trinajstić information content (AvgIpc) is 3.04. The van der Waals surface area contributed by atoms with Gasteiger partial charge in [0.05, 0.1) is 6.54 Å². The smallest absolute Gasteiger partial charge is 0.241 e. The van der Waals surface area contributed by atoms with Crippen LogP contribution >= 0.6 is 11.6 Å². The maximum Gasteiger partial charge on any atom is 0.241 e. The molecule has 6 nitrogen and oxygen atoms in total. The number of halogens is 1. The molecule has 1 aliphatic rings. The Labute approximate surface area is 140 Å². The Morgan fingerprint density at radius 3 is 2.57 bits per heavy atom. The van der Waals surface area contributed by atoms with Crippen molar-refractivity contribution in [1.29, 1.82) is 0 Å². The maximum atomic E-state index is 11.7. The van der Waals surface area contributed by atoms with E-state index in [0.717, 1.165) is 31.7 Å². The molecule has 7 heteroatoms. The predicted molar refractivity (Wildman–Crippen MR) is 86.9 cm³/mol. The highest BCUT2D eigenvalue weighted by molar-refractivity contribution is 6.30. The Kier molecular flexibility index (Phi) is 4.93. The number of hydrogen-bond donors (Lipinski definition) is 0. The first-order chi connectivity index (χ1) is 11.2. The van der Waals surface area contributed by atoms with E-state index in [4.69, 9.17) is 16.1 Å². The lowest BCUT2D eigenvalue weighted by Gasteiger charge is -2.33. The molecule has 1 aromatic carbocycles. The number of hydrogen-bond acceptors (Lipinski definition) is 5. The van der Waals surface area contributed by atoms with Gasteiger partial charge < -0.3 is 9.42 Å². The van der Waals surface area contributed by atoms with E-state index < -0.39 is 0 Å². The van der Waals surface area contributed by atoms with E-state index in [-0.39, 0.29) is 5.91 Å². The number of carbonyl (C=O) groups excluding carboxylic acids is 1. The number of carbonyl (C=O) groups is 1. The van der Waals surface area contributed by atoms with Crippen LogP contribution in [-0.4, -0.2) is 52.0 Å². The minimum Gasteiger partial charge on any atom is -0.340 e. The van der Waals surface area contributed by atoms with Crippen molar-refractivity contribution in [3.05, 3.63) is 35.2 Å². The SMILES string of the molecule is CCC(=O)N1CCN(Cc2nc(-c3ccc(Cl)cc3)no2)CC1.